The summed E-state index contributed by atoms with van der Waals surface area (Å²) < 4.78 is 1.45. The van der Waals surface area contributed by atoms with Crippen LogP contribution in [0.3, 0.4) is 0 Å². The van der Waals surface area contributed by atoms with Crippen molar-refractivity contribution in [3.63, 3.8) is 0 Å². The first kappa shape index (κ1) is 21.5. The maximum Gasteiger partial charge on any atom is 0.358 e. The number of aromatic nitrogens is 2. The second-order valence-electron chi connectivity index (χ2n) is 6.25. The van der Waals surface area contributed by atoms with E-state index >= 15 is 0 Å². The van der Waals surface area contributed by atoms with Gasteiger partial charge in [-0.25, -0.2) is 4.79 Å². The van der Waals surface area contributed by atoms with E-state index in [1.165, 1.54) is 23.9 Å². The van der Waals surface area contributed by atoms with E-state index in [4.69, 9.17) is 23.2 Å². The van der Waals surface area contributed by atoms with Crippen LogP contribution in [-0.4, -0.2) is 39.5 Å². The van der Waals surface area contributed by atoms with Crippen LogP contribution in [0.4, 0.5) is 0 Å². The lowest BCUT2D eigenvalue weighted by Crippen LogP contribution is -2.19. The van der Waals surface area contributed by atoms with Gasteiger partial charge in [0, 0.05) is 18.2 Å². The standard InChI is InChI=1S/C21H17Cl2N3O4/c1-26-19(15(22)12-8-4-3-5-9-12)16(23)18(24-26)20(27)14-11-7-6-10-13(14)17(21(28)29)25-30-2/h3-11,15H,1-2H3,(H,28,29). The minimum absolute atomic E-state index is 0.0367. The number of ketones is 1. The van der Waals surface area contributed by atoms with Crippen LogP contribution < -0.4 is 0 Å². The maximum atomic E-state index is 13.3. The molecule has 0 aliphatic rings. The zero-order valence-electron chi connectivity index (χ0n) is 16.0. The van der Waals surface area contributed by atoms with Crippen molar-refractivity contribution in [2.45, 2.75) is 5.38 Å². The fourth-order valence-corrected chi connectivity index (χ4v) is 3.83. The molecule has 1 N–H and O–H groups in total. The van der Waals surface area contributed by atoms with Gasteiger partial charge in [0.15, 0.2) is 11.4 Å². The minimum atomic E-state index is -1.34. The molecule has 3 aromatic rings. The average Bonchev–Trinajstić information content (AvgIpc) is 3.05. The Morgan fingerprint density at radius 3 is 2.30 bits per heavy atom. The van der Waals surface area contributed by atoms with Crippen molar-refractivity contribution >= 4 is 40.7 Å². The van der Waals surface area contributed by atoms with Crippen molar-refractivity contribution in [1.82, 2.24) is 9.78 Å². The Bertz CT molecular complexity index is 1130. The van der Waals surface area contributed by atoms with Gasteiger partial charge in [-0.3, -0.25) is 9.48 Å². The minimum Gasteiger partial charge on any atom is -0.476 e. The monoisotopic (exact) mass is 445 g/mol. The molecule has 0 spiro atoms. The van der Waals surface area contributed by atoms with E-state index in [0.717, 1.165) is 5.56 Å². The summed E-state index contributed by atoms with van der Waals surface area (Å²) in [6.07, 6.45) is 0. The molecule has 2 aromatic carbocycles. The SMILES string of the molecule is CON=C(C(=O)O)c1ccccc1C(=O)c1nn(C)c(C(Cl)c2ccccc2)c1Cl. The van der Waals surface area contributed by atoms with E-state index < -0.39 is 22.8 Å². The quantitative estimate of drug-likeness (QED) is 0.256. The molecule has 1 atom stereocenters. The summed E-state index contributed by atoms with van der Waals surface area (Å²) in [5.74, 6) is -1.89. The van der Waals surface area contributed by atoms with Gasteiger partial charge in [-0.2, -0.15) is 5.10 Å². The number of nitrogens with zero attached hydrogens (tertiary/aromatic N) is 3. The molecule has 0 bridgehead atoms. The molecule has 0 radical (unpaired) electrons. The molecule has 0 fully saturated rings. The highest BCUT2D eigenvalue weighted by atomic mass is 35.5. The zero-order chi connectivity index (χ0) is 21.8. The summed E-state index contributed by atoms with van der Waals surface area (Å²) in [4.78, 5) is 29.5. The van der Waals surface area contributed by atoms with Gasteiger partial charge in [0.2, 0.25) is 5.78 Å². The molecule has 154 valence electrons. The van der Waals surface area contributed by atoms with Gasteiger partial charge in [0.25, 0.3) is 0 Å². The van der Waals surface area contributed by atoms with Crippen LogP contribution in [0, 0.1) is 0 Å². The highest BCUT2D eigenvalue weighted by molar-refractivity contribution is 6.44. The second-order valence-corrected chi connectivity index (χ2v) is 7.06. The predicted molar refractivity (Wildman–Crippen MR) is 113 cm³/mol. The van der Waals surface area contributed by atoms with Crippen molar-refractivity contribution < 1.29 is 19.5 Å². The number of alkyl halides is 1. The Balaban J connectivity index is 2.08. The summed E-state index contributed by atoms with van der Waals surface area (Å²) in [6, 6.07) is 15.4. The summed E-state index contributed by atoms with van der Waals surface area (Å²) in [6.45, 7) is 0. The second kappa shape index (κ2) is 9.11. The third kappa shape index (κ3) is 4.08. The number of rotatable bonds is 7. The number of hydrogen-bond donors (Lipinski definition) is 1. The van der Waals surface area contributed by atoms with Gasteiger partial charge < -0.3 is 9.94 Å². The van der Waals surface area contributed by atoms with Crippen LogP contribution in [0.25, 0.3) is 0 Å². The summed E-state index contributed by atoms with van der Waals surface area (Å²) in [7, 11) is 2.86. The first-order valence-electron chi connectivity index (χ1n) is 8.76. The Labute approximate surface area is 182 Å². The van der Waals surface area contributed by atoms with Crippen LogP contribution in [-0.2, 0) is 16.7 Å². The third-order valence-electron chi connectivity index (χ3n) is 4.39. The zero-order valence-corrected chi connectivity index (χ0v) is 17.6. The van der Waals surface area contributed by atoms with E-state index in [1.807, 2.05) is 30.3 Å². The van der Waals surface area contributed by atoms with Crippen LogP contribution in [0.15, 0.2) is 59.8 Å². The smallest absolute Gasteiger partial charge is 0.358 e. The number of oxime groups is 1. The lowest BCUT2D eigenvalue weighted by Gasteiger charge is -2.11. The van der Waals surface area contributed by atoms with E-state index in [9.17, 15) is 14.7 Å². The van der Waals surface area contributed by atoms with Crippen molar-refractivity contribution in [3.8, 4) is 0 Å². The molecule has 3 rings (SSSR count). The lowest BCUT2D eigenvalue weighted by atomic mass is 9.97. The molecular formula is C21H17Cl2N3O4. The summed E-state index contributed by atoms with van der Waals surface area (Å²) >= 11 is 13.1. The van der Waals surface area contributed by atoms with E-state index in [-0.39, 0.29) is 21.8 Å². The molecule has 9 heteroatoms. The largest absolute Gasteiger partial charge is 0.476 e. The highest BCUT2D eigenvalue weighted by Gasteiger charge is 2.29. The first-order chi connectivity index (χ1) is 14.4. The number of hydrogen-bond acceptors (Lipinski definition) is 5. The highest BCUT2D eigenvalue weighted by Crippen LogP contribution is 2.35. The molecule has 30 heavy (non-hydrogen) atoms. The maximum absolute atomic E-state index is 13.3. The van der Waals surface area contributed by atoms with Crippen LogP contribution in [0.5, 0.6) is 0 Å². The Kier molecular flexibility index (Phi) is 6.54. The number of carboxylic acids is 1. The van der Waals surface area contributed by atoms with Gasteiger partial charge in [0.1, 0.15) is 12.5 Å². The van der Waals surface area contributed by atoms with Crippen molar-refractivity contribution in [1.29, 1.82) is 0 Å². The van der Waals surface area contributed by atoms with Crippen LogP contribution >= 0.6 is 23.2 Å². The molecule has 7 nitrogen and oxygen atoms in total. The number of carboxylic acid groups (broad SMARTS) is 1. The normalized spacial score (nSPS) is 12.5. The van der Waals surface area contributed by atoms with Crippen molar-refractivity contribution in [3.05, 3.63) is 87.7 Å². The van der Waals surface area contributed by atoms with E-state index in [0.29, 0.717) is 5.69 Å². The molecule has 0 saturated heterocycles. The number of benzene rings is 2. The first-order valence-corrected chi connectivity index (χ1v) is 9.58. The lowest BCUT2D eigenvalue weighted by molar-refractivity contribution is -0.129. The molecule has 0 amide bonds. The average molecular weight is 446 g/mol. The number of aliphatic carboxylic acids is 1. The number of aryl methyl sites for hydroxylation is 1. The summed E-state index contributed by atoms with van der Waals surface area (Å²) in [5.41, 5.74) is 0.968. The van der Waals surface area contributed by atoms with E-state index in [1.54, 1.807) is 19.2 Å². The number of halogens is 2. The molecule has 1 aromatic heterocycles. The summed E-state index contributed by atoms with van der Waals surface area (Å²) in [5, 5.41) is 16.7. The molecule has 0 aliphatic heterocycles. The topological polar surface area (TPSA) is 93.8 Å². The van der Waals surface area contributed by atoms with Gasteiger partial charge in [0.05, 0.1) is 10.7 Å². The predicted octanol–water partition coefficient (Wildman–Crippen LogP) is 4.07. The Hall–Kier alpha value is -3.16. The van der Waals surface area contributed by atoms with Crippen molar-refractivity contribution in [2.75, 3.05) is 7.11 Å². The van der Waals surface area contributed by atoms with Gasteiger partial charge in [-0.05, 0) is 5.56 Å². The van der Waals surface area contributed by atoms with Gasteiger partial charge in [-0.15, -0.1) is 11.6 Å². The molecular weight excluding hydrogens is 429 g/mol. The molecule has 0 saturated carbocycles. The van der Waals surface area contributed by atoms with Gasteiger partial charge >= 0.3 is 5.97 Å². The fourth-order valence-electron chi connectivity index (χ4n) is 3.02. The Morgan fingerprint density at radius 1 is 1.10 bits per heavy atom. The Morgan fingerprint density at radius 2 is 1.70 bits per heavy atom. The van der Waals surface area contributed by atoms with E-state index in [2.05, 4.69) is 15.1 Å². The fraction of sp³-hybridized carbons (Fsp3) is 0.143. The molecule has 0 aliphatic carbocycles. The number of carbonyl (C=O) groups is 2. The van der Waals surface area contributed by atoms with Crippen LogP contribution in [0.1, 0.15) is 38.2 Å². The molecule has 1 unspecified atom stereocenters. The third-order valence-corrected chi connectivity index (χ3v) is 5.22. The molecule has 1 heterocycles. The number of carbonyl (C=O) groups excluding carboxylic acids is 1. The van der Waals surface area contributed by atoms with Gasteiger partial charge in [-0.1, -0.05) is 71.4 Å². The van der Waals surface area contributed by atoms with Crippen molar-refractivity contribution in [2.24, 2.45) is 12.2 Å². The van der Waals surface area contributed by atoms with Crippen LogP contribution in [0.2, 0.25) is 5.02 Å².